The molecule has 0 saturated heterocycles. The normalized spacial score (nSPS) is 6.68. The fourth-order valence-corrected chi connectivity index (χ4v) is 1.70. The van der Waals surface area contributed by atoms with Crippen LogP contribution in [0.5, 0.6) is 0 Å². The maximum absolute atomic E-state index is 6.98. The van der Waals surface area contributed by atoms with Crippen molar-refractivity contribution in [2.24, 2.45) is 0 Å². The molecule has 0 aliphatic rings. The van der Waals surface area contributed by atoms with Gasteiger partial charge in [0.05, 0.1) is 0 Å². The lowest BCUT2D eigenvalue weighted by Gasteiger charge is -2.04. The first-order chi connectivity index (χ1) is 9.91. The van der Waals surface area contributed by atoms with Gasteiger partial charge >= 0.3 is 0 Å². The number of rotatable bonds is 13. The van der Waals surface area contributed by atoms with Crippen molar-refractivity contribution in [1.29, 1.82) is 0 Å². The molecule has 0 aromatic carbocycles. The molecular formula is C29H80O2. The van der Waals surface area contributed by atoms with Crippen molar-refractivity contribution >= 4 is 0 Å². The number of ether oxygens (including phenoxy) is 2. The summed E-state index contributed by atoms with van der Waals surface area (Å²) in [6.45, 7) is 5.90. The highest BCUT2D eigenvalue weighted by Crippen LogP contribution is 2.01. The van der Waals surface area contributed by atoms with Gasteiger partial charge in [0.1, 0.15) is 0 Å². The molecule has 0 saturated carbocycles. The third-order valence-electron chi connectivity index (χ3n) is 2.76. The molecule has 0 aromatic heterocycles. The van der Waals surface area contributed by atoms with Crippen molar-refractivity contribution < 1.29 is 10.8 Å². The van der Waals surface area contributed by atoms with Crippen molar-refractivity contribution in [1.82, 2.24) is 0 Å². The van der Waals surface area contributed by atoms with E-state index in [1.54, 1.807) is 0 Å². The quantitative estimate of drug-likeness (QED) is 0.200. The van der Waals surface area contributed by atoms with Gasteiger partial charge in [-0.05, 0) is 38.5 Å². The van der Waals surface area contributed by atoms with Gasteiger partial charge in [0.2, 0.25) is 0 Å². The molecule has 31 heavy (non-hydrogen) atoms. The first-order valence-corrected chi connectivity index (χ1v) is 7.82. The minimum Gasteiger partial charge on any atom is -0.381 e. The Labute approximate surface area is 210 Å². The molecule has 0 bridgehead atoms. The fourth-order valence-electron chi connectivity index (χ4n) is 1.70. The lowest BCUT2D eigenvalue weighted by molar-refractivity contribution is 0.113. The Hall–Kier alpha value is -0.520. The van der Waals surface area contributed by atoms with Gasteiger partial charge in [0.15, 0.2) is 0 Å². The van der Waals surface area contributed by atoms with E-state index in [2.05, 4.69) is 18.8 Å². The third kappa shape index (κ3) is 92.9. The molecule has 0 aromatic rings. The molecule has 0 N–H and O–H groups in total. The zero-order valence-electron chi connectivity index (χ0n) is 13.7. The van der Waals surface area contributed by atoms with Crippen LogP contribution in [0.15, 0.2) is 0 Å². The van der Waals surface area contributed by atoms with Crippen molar-refractivity contribution in [2.45, 2.75) is 161 Å². The predicted molar refractivity (Wildman–Crippen MR) is 163 cm³/mol. The van der Waals surface area contributed by atoms with Gasteiger partial charge in [0, 0.05) is 40.6 Å². The Balaban J connectivity index is -0.0000000273. The van der Waals surface area contributed by atoms with E-state index >= 15 is 0 Å². The number of hydrogen-bond acceptors (Lipinski definition) is 2. The highest BCUT2D eigenvalue weighted by atomic mass is 16.5. The van der Waals surface area contributed by atoms with Crippen molar-refractivity contribution in [2.75, 3.05) is 26.4 Å². The average Bonchev–Trinajstić information content (AvgIpc) is 2.47. The molecular weight excluding hydrogens is 380 g/mol. The third-order valence-corrected chi connectivity index (χ3v) is 2.76. The standard InChI is InChI=1S/C17H32O2.12CH4/c1-3-5-6-7-8-9-11-16-19-17-13-10-12-15-18-14-4-2;;;;;;;;;;;;/h3-4,7-17H2,1-2H3;12*1H4/i2D;;;;;;;;;;;;. The van der Waals surface area contributed by atoms with Crippen LogP contribution in [-0.2, 0) is 9.47 Å². The summed E-state index contributed by atoms with van der Waals surface area (Å²) < 4.78 is 18.0. The van der Waals surface area contributed by atoms with E-state index in [1.807, 2.05) is 0 Å². The van der Waals surface area contributed by atoms with Crippen molar-refractivity contribution in [3.8, 4) is 11.8 Å². The maximum atomic E-state index is 6.98. The number of hydrogen-bond donors (Lipinski definition) is 0. The molecule has 0 unspecified atom stereocenters. The average molecular weight is 462 g/mol. The molecule has 0 spiro atoms. The van der Waals surface area contributed by atoms with E-state index < -0.39 is 0 Å². The Morgan fingerprint density at radius 1 is 0.516 bits per heavy atom. The van der Waals surface area contributed by atoms with Crippen molar-refractivity contribution in [3.05, 3.63) is 0 Å². The molecule has 2 nitrogen and oxygen atoms in total. The van der Waals surface area contributed by atoms with Crippen LogP contribution < -0.4 is 0 Å². The SMILES string of the molecule is C.C.C.C.C.C.C.C.C.C.C.C.[2H]CCCOCCCCCOCCCCCC#CCC. The van der Waals surface area contributed by atoms with E-state index in [0.717, 1.165) is 65.0 Å². The lowest BCUT2D eigenvalue weighted by Crippen LogP contribution is -1.99. The highest BCUT2D eigenvalue weighted by molar-refractivity contribution is 4.97. The smallest absolute Gasteiger partial charge is 0.0466 e. The zero-order valence-corrected chi connectivity index (χ0v) is 12.7. The second-order valence-electron chi connectivity index (χ2n) is 4.66. The zero-order chi connectivity index (χ0) is 14.7. The van der Waals surface area contributed by atoms with Gasteiger partial charge in [-0.15, -0.1) is 11.8 Å². The van der Waals surface area contributed by atoms with Crippen LogP contribution in [0, 0.1) is 11.8 Å². The number of unbranched alkanes of at least 4 members (excludes halogenated alkanes) is 5. The fraction of sp³-hybridized carbons (Fsp3) is 0.931. The first kappa shape index (κ1) is 77.6. The summed E-state index contributed by atoms with van der Waals surface area (Å²) in [4.78, 5) is 0. The Bertz CT molecular complexity index is 235. The maximum Gasteiger partial charge on any atom is 0.0466 e. The summed E-state index contributed by atoms with van der Waals surface area (Å²) in [6, 6.07) is 0. The molecule has 0 rings (SSSR count). The summed E-state index contributed by atoms with van der Waals surface area (Å²) in [7, 11) is 0. The molecule has 208 valence electrons. The van der Waals surface area contributed by atoms with E-state index in [-0.39, 0.29) is 89.1 Å². The Morgan fingerprint density at radius 3 is 1.29 bits per heavy atom. The Morgan fingerprint density at radius 2 is 0.903 bits per heavy atom. The van der Waals surface area contributed by atoms with Crippen LogP contribution >= 0.6 is 0 Å². The van der Waals surface area contributed by atoms with Crippen LogP contribution in [0.3, 0.4) is 0 Å². The molecule has 0 radical (unpaired) electrons. The topological polar surface area (TPSA) is 18.5 Å². The van der Waals surface area contributed by atoms with Crippen LogP contribution in [0.1, 0.15) is 162 Å². The van der Waals surface area contributed by atoms with Crippen LogP contribution in [-0.4, -0.2) is 26.4 Å². The molecule has 0 aliphatic heterocycles. The largest absolute Gasteiger partial charge is 0.381 e. The van der Waals surface area contributed by atoms with Gasteiger partial charge in [-0.25, -0.2) is 0 Å². The van der Waals surface area contributed by atoms with Gasteiger partial charge in [-0.1, -0.05) is 109 Å². The van der Waals surface area contributed by atoms with E-state index in [1.165, 1.54) is 19.3 Å². The molecule has 2 heteroatoms. The van der Waals surface area contributed by atoms with Gasteiger partial charge in [0.25, 0.3) is 0 Å². The monoisotopic (exact) mass is 462 g/mol. The summed E-state index contributed by atoms with van der Waals surface area (Å²) in [5, 5.41) is 0. The molecule has 0 heterocycles. The van der Waals surface area contributed by atoms with Crippen LogP contribution in [0.25, 0.3) is 0 Å². The summed E-state index contributed by atoms with van der Waals surface area (Å²) in [5.41, 5.74) is 0. The summed E-state index contributed by atoms with van der Waals surface area (Å²) in [6.07, 6.45) is 9.85. The molecule has 0 atom stereocenters. The molecule has 0 amide bonds. The molecule has 0 fully saturated rings. The Kier molecular flexibility index (Phi) is 220. The van der Waals surface area contributed by atoms with Gasteiger partial charge in [-0.3, -0.25) is 0 Å². The van der Waals surface area contributed by atoms with E-state index in [9.17, 15) is 0 Å². The van der Waals surface area contributed by atoms with Gasteiger partial charge in [-0.2, -0.15) is 0 Å². The van der Waals surface area contributed by atoms with E-state index in [0.29, 0.717) is 6.90 Å². The van der Waals surface area contributed by atoms with Crippen LogP contribution in [0.2, 0.25) is 0 Å². The highest BCUT2D eigenvalue weighted by Gasteiger charge is 1.92. The lowest BCUT2D eigenvalue weighted by atomic mass is 10.2. The minimum absolute atomic E-state index is 0. The molecule has 0 aliphatic carbocycles. The summed E-state index contributed by atoms with van der Waals surface area (Å²) in [5.74, 6) is 6.26. The van der Waals surface area contributed by atoms with Crippen LogP contribution in [0.4, 0.5) is 0 Å². The van der Waals surface area contributed by atoms with Gasteiger partial charge < -0.3 is 9.47 Å². The minimum atomic E-state index is 0. The second-order valence-corrected chi connectivity index (χ2v) is 4.66. The van der Waals surface area contributed by atoms with E-state index in [4.69, 9.17) is 10.8 Å². The predicted octanol–water partition coefficient (Wildman–Crippen LogP) is 12.2. The summed E-state index contributed by atoms with van der Waals surface area (Å²) >= 11 is 0. The van der Waals surface area contributed by atoms with Crippen molar-refractivity contribution in [3.63, 3.8) is 0 Å². The second kappa shape index (κ2) is 88.0. The first-order valence-electron chi connectivity index (χ1n) is 8.53.